The van der Waals surface area contributed by atoms with Crippen molar-refractivity contribution < 1.29 is 19.1 Å². The highest BCUT2D eigenvalue weighted by atomic mass is 19.1. The van der Waals surface area contributed by atoms with Gasteiger partial charge in [-0.25, -0.2) is 4.39 Å². The molecule has 0 radical (unpaired) electrons. The SMILES string of the molecule is CC(NC(=O)[C@@H]1CCC[C@@H]1C(=O)O)c1cccc(F)c1. The molecule has 2 rings (SSSR count). The first-order valence-electron chi connectivity index (χ1n) is 6.77. The number of carbonyl (C=O) groups is 2. The minimum absolute atomic E-state index is 0.258. The molecule has 1 aliphatic rings. The number of rotatable bonds is 4. The Labute approximate surface area is 117 Å². The van der Waals surface area contributed by atoms with Crippen LogP contribution in [0.25, 0.3) is 0 Å². The smallest absolute Gasteiger partial charge is 0.307 e. The van der Waals surface area contributed by atoms with Crippen LogP contribution < -0.4 is 5.32 Å². The second-order valence-corrected chi connectivity index (χ2v) is 5.27. The predicted octanol–water partition coefficient (Wildman–Crippen LogP) is 2.50. The van der Waals surface area contributed by atoms with Crippen molar-refractivity contribution in [1.82, 2.24) is 5.32 Å². The van der Waals surface area contributed by atoms with Gasteiger partial charge in [-0.15, -0.1) is 0 Å². The van der Waals surface area contributed by atoms with Crippen molar-refractivity contribution in [2.45, 2.75) is 32.2 Å². The van der Waals surface area contributed by atoms with Gasteiger partial charge >= 0.3 is 5.97 Å². The number of carboxylic acid groups (broad SMARTS) is 1. The molecule has 0 aromatic heterocycles. The molecular formula is C15H18FNO3. The minimum atomic E-state index is -0.916. The highest BCUT2D eigenvalue weighted by molar-refractivity contribution is 5.85. The second-order valence-electron chi connectivity index (χ2n) is 5.27. The second kappa shape index (κ2) is 6.03. The van der Waals surface area contributed by atoms with Crippen LogP contribution in [0.15, 0.2) is 24.3 Å². The van der Waals surface area contributed by atoms with E-state index in [1.165, 1.54) is 12.1 Å². The average molecular weight is 279 g/mol. The summed E-state index contributed by atoms with van der Waals surface area (Å²) in [6, 6.07) is 5.69. The van der Waals surface area contributed by atoms with Crippen LogP contribution in [0.2, 0.25) is 0 Å². The van der Waals surface area contributed by atoms with Crippen molar-refractivity contribution in [3.8, 4) is 0 Å². The number of aliphatic carboxylic acids is 1. The van der Waals surface area contributed by atoms with Gasteiger partial charge in [-0.1, -0.05) is 18.6 Å². The predicted molar refractivity (Wildman–Crippen MR) is 71.4 cm³/mol. The standard InChI is InChI=1S/C15H18FNO3/c1-9(10-4-2-5-11(16)8-10)17-14(18)12-6-3-7-13(12)15(19)20/h2,4-5,8-9,12-13H,3,6-7H2,1H3,(H,17,18)(H,19,20)/t9?,12-,13+/m1/s1. The molecule has 4 nitrogen and oxygen atoms in total. The Kier molecular flexibility index (Phi) is 4.37. The summed E-state index contributed by atoms with van der Waals surface area (Å²) in [7, 11) is 0. The number of carbonyl (C=O) groups excluding carboxylic acids is 1. The van der Waals surface area contributed by atoms with Crippen LogP contribution in [0.1, 0.15) is 37.8 Å². The van der Waals surface area contributed by atoms with Crippen molar-refractivity contribution in [3.05, 3.63) is 35.6 Å². The summed E-state index contributed by atoms with van der Waals surface area (Å²) in [4.78, 5) is 23.2. The van der Waals surface area contributed by atoms with Crippen LogP contribution in [-0.2, 0) is 9.59 Å². The number of hydrogen-bond donors (Lipinski definition) is 2. The van der Waals surface area contributed by atoms with E-state index < -0.39 is 17.8 Å². The molecule has 1 aromatic carbocycles. The number of carboxylic acids is 1. The number of benzene rings is 1. The number of halogens is 1. The van der Waals surface area contributed by atoms with Gasteiger partial charge < -0.3 is 10.4 Å². The van der Waals surface area contributed by atoms with Crippen molar-refractivity contribution in [2.24, 2.45) is 11.8 Å². The maximum absolute atomic E-state index is 13.1. The third-order valence-electron chi connectivity index (χ3n) is 3.88. The summed E-state index contributed by atoms with van der Waals surface area (Å²) in [5, 5.41) is 11.9. The van der Waals surface area contributed by atoms with Crippen molar-refractivity contribution in [2.75, 3.05) is 0 Å². The first-order valence-corrected chi connectivity index (χ1v) is 6.77. The molecule has 1 unspecified atom stereocenters. The Morgan fingerprint density at radius 1 is 1.35 bits per heavy atom. The van der Waals surface area contributed by atoms with Gasteiger partial charge in [0.1, 0.15) is 5.82 Å². The minimum Gasteiger partial charge on any atom is -0.481 e. The zero-order chi connectivity index (χ0) is 14.7. The maximum atomic E-state index is 13.1. The Bertz CT molecular complexity index is 518. The van der Waals surface area contributed by atoms with Gasteiger partial charge in [0.15, 0.2) is 0 Å². The Hall–Kier alpha value is -1.91. The van der Waals surface area contributed by atoms with Gasteiger partial charge in [0.05, 0.1) is 17.9 Å². The topological polar surface area (TPSA) is 66.4 Å². The van der Waals surface area contributed by atoms with Gasteiger partial charge in [0.25, 0.3) is 0 Å². The highest BCUT2D eigenvalue weighted by Crippen LogP contribution is 2.32. The Morgan fingerprint density at radius 2 is 2.05 bits per heavy atom. The molecule has 20 heavy (non-hydrogen) atoms. The van der Waals surface area contributed by atoms with E-state index in [1.807, 2.05) is 0 Å². The van der Waals surface area contributed by atoms with Crippen LogP contribution >= 0.6 is 0 Å². The number of hydrogen-bond acceptors (Lipinski definition) is 2. The van der Waals surface area contributed by atoms with E-state index in [9.17, 15) is 14.0 Å². The molecule has 1 fully saturated rings. The Morgan fingerprint density at radius 3 is 2.70 bits per heavy atom. The summed E-state index contributed by atoms with van der Waals surface area (Å²) in [5.41, 5.74) is 0.670. The van der Waals surface area contributed by atoms with Crippen LogP contribution in [0, 0.1) is 17.7 Å². The summed E-state index contributed by atoms with van der Waals surface area (Å²) >= 11 is 0. The van der Waals surface area contributed by atoms with Crippen LogP contribution in [0.4, 0.5) is 4.39 Å². The molecule has 0 spiro atoms. The average Bonchev–Trinajstić information content (AvgIpc) is 2.88. The van der Waals surface area contributed by atoms with Gasteiger partial charge in [-0.05, 0) is 37.5 Å². The maximum Gasteiger partial charge on any atom is 0.307 e. The first-order chi connectivity index (χ1) is 9.49. The number of nitrogens with one attached hydrogen (secondary N) is 1. The van der Waals surface area contributed by atoms with Crippen LogP contribution in [-0.4, -0.2) is 17.0 Å². The molecule has 1 aliphatic carbocycles. The summed E-state index contributed by atoms with van der Waals surface area (Å²) in [5.74, 6) is -2.61. The van der Waals surface area contributed by atoms with Crippen LogP contribution in [0.3, 0.4) is 0 Å². The largest absolute Gasteiger partial charge is 0.481 e. The van der Waals surface area contributed by atoms with Gasteiger partial charge in [-0.3, -0.25) is 9.59 Å². The first kappa shape index (κ1) is 14.5. The fourth-order valence-corrected chi connectivity index (χ4v) is 2.75. The lowest BCUT2D eigenvalue weighted by Crippen LogP contribution is -2.36. The van der Waals surface area contributed by atoms with Gasteiger partial charge in [-0.2, -0.15) is 0 Å². The molecule has 108 valence electrons. The van der Waals surface area contributed by atoms with E-state index in [4.69, 9.17) is 5.11 Å². The monoisotopic (exact) mass is 279 g/mol. The fraction of sp³-hybridized carbons (Fsp3) is 0.467. The van der Waals surface area contributed by atoms with E-state index >= 15 is 0 Å². The molecule has 3 atom stereocenters. The third-order valence-corrected chi connectivity index (χ3v) is 3.88. The molecule has 2 N–H and O–H groups in total. The van der Waals surface area contributed by atoms with E-state index in [1.54, 1.807) is 19.1 Å². The quantitative estimate of drug-likeness (QED) is 0.890. The lowest BCUT2D eigenvalue weighted by molar-refractivity contribution is -0.146. The molecule has 1 aromatic rings. The van der Waals surface area contributed by atoms with E-state index in [0.717, 1.165) is 6.42 Å². The molecule has 0 heterocycles. The normalized spacial score (nSPS) is 23.3. The third kappa shape index (κ3) is 3.15. The molecule has 1 amide bonds. The van der Waals surface area contributed by atoms with Gasteiger partial charge in [0.2, 0.25) is 5.91 Å². The van der Waals surface area contributed by atoms with E-state index in [2.05, 4.69) is 5.32 Å². The molecule has 5 heteroatoms. The van der Waals surface area contributed by atoms with E-state index in [0.29, 0.717) is 18.4 Å². The van der Waals surface area contributed by atoms with Crippen LogP contribution in [0.5, 0.6) is 0 Å². The summed E-state index contributed by atoms with van der Waals surface area (Å²) in [6.07, 6.45) is 1.89. The van der Waals surface area contributed by atoms with Gasteiger partial charge in [0, 0.05) is 0 Å². The van der Waals surface area contributed by atoms with Crippen molar-refractivity contribution in [3.63, 3.8) is 0 Å². The Balaban J connectivity index is 2.02. The lowest BCUT2D eigenvalue weighted by atomic mass is 9.94. The van der Waals surface area contributed by atoms with Crippen molar-refractivity contribution >= 4 is 11.9 Å². The lowest BCUT2D eigenvalue weighted by Gasteiger charge is -2.20. The molecule has 0 bridgehead atoms. The summed E-state index contributed by atoms with van der Waals surface area (Å²) in [6.45, 7) is 1.76. The molecule has 1 saturated carbocycles. The zero-order valence-electron chi connectivity index (χ0n) is 11.3. The van der Waals surface area contributed by atoms with E-state index in [-0.39, 0.29) is 17.8 Å². The van der Waals surface area contributed by atoms with Crippen molar-refractivity contribution in [1.29, 1.82) is 0 Å². The highest BCUT2D eigenvalue weighted by Gasteiger charge is 2.38. The molecular weight excluding hydrogens is 261 g/mol. The number of amides is 1. The zero-order valence-corrected chi connectivity index (χ0v) is 11.3. The molecule has 0 saturated heterocycles. The fourth-order valence-electron chi connectivity index (χ4n) is 2.75. The summed E-state index contributed by atoms with van der Waals surface area (Å²) < 4.78 is 13.1. The molecule has 0 aliphatic heterocycles.